The monoisotopic (exact) mass is 484 g/mol. The van der Waals surface area contributed by atoms with Gasteiger partial charge in [-0.2, -0.15) is 0 Å². The molecule has 34 heavy (non-hydrogen) atoms. The number of unbranched alkanes of at least 4 members (excludes halogenated alkanes) is 15. The van der Waals surface area contributed by atoms with E-state index < -0.39 is 0 Å². The Morgan fingerprint density at radius 1 is 0.529 bits per heavy atom. The lowest BCUT2D eigenvalue weighted by atomic mass is 9.89. The fourth-order valence-corrected chi connectivity index (χ4v) is 5.22. The van der Waals surface area contributed by atoms with E-state index in [2.05, 4.69) is 18.7 Å². The Hall–Kier alpha value is -0.120. The van der Waals surface area contributed by atoms with Gasteiger partial charge in [-0.3, -0.25) is 0 Å². The molecular formula is C31H65NO2. The molecule has 0 aliphatic rings. The Morgan fingerprint density at radius 2 is 0.941 bits per heavy atom. The highest BCUT2D eigenvalue weighted by molar-refractivity contribution is 4.63. The lowest BCUT2D eigenvalue weighted by Gasteiger charge is -2.21. The molecule has 0 amide bonds. The van der Waals surface area contributed by atoms with Crippen LogP contribution in [0.5, 0.6) is 0 Å². The van der Waals surface area contributed by atoms with Gasteiger partial charge in [0, 0.05) is 20.3 Å². The van der Waals surface area contributed by atoms with Crippen LogP contribution in [0.25, 0.3) is 0 Å². The molecule has 0 fully saturated rings. The van der Waals surface area contributed by atoms with Crippen molar-refractivity contribution < 1.29 is 9.84 Å². The molecule has 0 aromatic heterocycles. The van der Waals surface area contributed by atoms with Gasteiger partial charge in [0.2, 0.25) is 0 Å². The normalized spacial score (nSPS) is 11.8. The van der Waals surface area contributed by atoms with Crippen molar-refractivity contribution in [2.45, 2.75) is 155 Å². The van der Waals surface area contributed by atoms with E-state index in [4.69, 9.17) is 4.74 Å². The molecule has 0 atom stereocenters. The van der Waals surface area contributed by atoms with E-state index in [1.807, 2.05) is 0 Å². The van der Waals surface area contributed by atoms with Crippen LogP contribution >= 0.6 is 0 Å². The van der Waals surface area contributed by atoms with Gasteiger partial charge in [0.05, 0.1) is 6.61 Å². The van der Waals surface area contributed by atoms with Crippen LogP contribution in [-0.2, 0) is 4.74 Å². The standard InChI is InChI=1S/C31H65NO2/c1-4-6-8-10-13-17-23-31(24-18-14-11-9-7-5-2)25-19-15-12-16-20-26-32(28-29-33)27-21-22-30-34-3/h31,33H,4-30H2,1-3H3. The molecule has 0 aliphatic heterocycles. The molecular weight excluding hydrogens is 418 g/mol. The van der Waals surface area contributed by atoms with Gasteiger partial charge in [-0.1, -0.05) is 136 Å². The third kappa shape index (κ3) is 25.0. The summed E-state index contributed by atoms with van der Waals surface area (Å²) in [6, 6.07) is 0. The van der Waals surface area contributed by atoms with Crippen molar-refractivity contribution in [2.75, 3.05) is 40.0 Å². The Bertz CT molecular complexity index is 347. The van der Waals surface area contributed by atoms with Gasteiger partial charge in [0.15, 0.2) is 0 Å². The van der Waals surface area contributed by atoms with E-state index in [1.54, 1.807) is 7.11 Å². The molecule has 0 aliphatic carbocycles. The number of aliphatic hydroxyl groups excluding tert-OH is 1. The summed E-state index contributed by atoms with van der Waals surface area (Å²) in [4.78, 5) is 2.44. The van der Waals surface area contributed by atoms with Crippen LogP contribution in [-0.4, -0.2) is 50.0 Å². The minimum Gasteiger partial charge on any atom is -0.395 e. The number of methoxy groups -OCH3 is 1. The summed E-state index contributed by atoms with van der Waals surface area (Å²) in [5.74, 6) is 0.990. The molecule has 0 radical (unpaired) electrons. The van der Waals surface area contributed by atoms with Gasteiger partial charge in [-0.15, -0.1) is 0 Å². The molecule has 1 N–H and O–H groups in total. The lowest BCUT2D eigenvalue weighted by Crippen LogP contribution is -2.29. The number of nitrogens with zero attached hydrogens (tertiary/aromatic N) is 1. The zero-order valence-electron chi connectivity index (χ0n) is 24.0. The maximum atomic E-state index is 9.33. The highest BCUT2D eigenvalue weighted by atomic mass is 16.5. The summed E-state index contributed by atoms with van der Waals surface area (Å²) in [7, 11) is 1.77. The van der Waals surface area contributed by atoms with Crippen LogP contribution in [0.3, 0.4) is 0 Å². The maximum Gasteiger partial charge on any atom is 0.0558 e. The Morgan fingerprint density at radius 3 is 1.38 bits per heavy atom. The van der Waals surface area contributed by atoms with Crippen molar-refractivity contribution in [3.05, 3.63) is 0 Å². The minimum absolute atomic E-state index is 0.281. The highest BCUT2D eigenvalue weighted by Crippen LogP contribution is 2.24. The third-order valence-electron chi connectivity index (χ3n) is 7.51. The average Bonchev–Trinajstić information content (AvgIpc) is 2.84. The first-order valence-corrected chi connectivity index (χ1v) is 15.6. The highest BCUT2D eigenvalue weighted by Gasteiger charge is 2.09. The van der Waals surface area contributed by atoms with Crippen molar-refractivity contribution in [1.82, 2.24) is 4.90 Å². The number of hydrogen-bond acceptors (Lipinski definition) is 3. The van der Waals surface area contributed by atoms with Gasteiger partial charge in [0.1, 0.15) is 0 Å². The van der Waals surface area contributed by atoms with Gasteiger partial charge >= 0.3 is 0 Å². The minimum atomic E-state index is 0.281. The van der Waals surface area contributed by atoms with Crippen LogP contribution in [0.4, 0.5) is 0 Å². The number of ether oxygens (including phenoxy) is 1. The number of aliphatic hydroxyl groups is 1. The molecule has 0 heterocycles. The van der Waals surface area contributed by atoms with Crippen LogP contribution < -0.4 is 0 Å². The zero-order valence-corrected chi connectivity index (χ0v) is 24.0. The fraction of sp³-hybridized carbons (Fsp3) is 1.00. The first-order valence-electron chi connectivity index (χ1n) is 15.6. The second kappa shape index (κ2) is 29.1. The van der Waals surface area contributed by atoms with Crippen molar-refractivity contribution in [3.8, 4) is 0 Å². The average molecular weight is 484 g/mol. The molecule has 0 aromatic carbocycles. The largest absolute Gasteiger partial charge is 0.395 e. The van der Waals surface area contributed by atoms with E-state index in [1.165, 1.54) is 135 Å². The van der Waals surface area contributed by atoms with Gasteiger partial charge < -0.3 is 14.7 Å². The van der Waals surface area contributed by atoms with E-state index in [-0.39, 0.29) is 6.61 Å². The molecule has 0 saturated heterocycles. The zero-order chi connectivity index (χ0) is 25.0. The topological polar surface area (TPSA) is 32.7 Å². The predicted octanol–water partition coefficient (Wildman–Crippen LogP) is 9.17. The molecule has 0 aromatic rings. The quantitative estimate of drug-likeness (QED) is 0.108. The Labute approximate surface area is 215 Å². The molecule has 0 spiro atoms. The van der Waals surface area contributed by atoms with E-state index in [0.29, 0.717) is 0 Å². The molecule has 3 nitrogen and oxygen atoms in total. The second-order valence-corrected chi connectivity index (χ2v) is 10.8. The summed E-state index contributed by atoms with van der Waals surface area (Å²) in [5.41, 5.74) is 0. The molecule has 0 bridgehead atoms. The predicted molar refractivity (Wildman–Crippen MR) is 152 cm³/mol. The first kappa shape index (κ1) is 33.9. The summed E-state index contributed by atoms with van der Waals surface area (Å²) >= 11 is 0. The van der Waals surface area contributed by atoms with E-state index in [9.17, 15) is 5.11 Å². The maximum absolute atomic E-state index is 9.33. The fourth-order valence-electron chi connectivity index (χ4n) is 5.22. The van der Waals surface area contributed by atoms with Crippen LogP contribution in [0.2, 0.25) is 0 Å². The van der Waals surface area contributed by atoms with Gasteiger partial charge in [-0.05, 0) is 38.3 Å². The molecule has 0 unspecified atom stereocenters. The van der Waals surface area contributed by atoms with Crippen LogP contribution in [0.15, 0.2) is 0 Å². The molecule has 0 rings (SSSR count). The summed E-state index contributed by atoms with van der Waals surface area (Å²) in [5, 5.41) is 9.33. The SMILES string of the molecule is CCCCCCCCC(CCCCCCCC)CCCCCCCN(CCO)CCCCOC. The third-order valence-corrected chi connectivity index (χ3v) is 7.51. The number of rotatable bonds is 29. The second-order valence-electron chi connectivity index (χ2n) is 10.8. The van der Waals surface area contributed by atoms with Gasteiger partial charge in [0.25, 0.3) is 0 Å². The van der Waals surface area contributed by atoms with E-state index in [0.717, 1.165) is 38.6 Å². The van der Waals surface area contributed by atoms with Crippen molar-refractivity contribution >= 4 is 0 Å². The smallest absolute Gasteiger partial charge is 0.0558 e. The molecule has 3 heteroatoms. The van der Waals surface area contributed by atoms with Crippen molar-refractivity contribution in [3.63, 3.8) is 0 Å². The lowest BCUT2D eigenvalue weighted by molar-refractivity contribution is 0.169. The summed E-state index contributed by atoms with van der Waals surface area (Å²) in [6.07, 6.45) is 30.8. The Balaban J connectivity index is 3.96. The van der Waals surface area contributed by atoms with Crippen molar-refractivity contribution in [1.29, 1.82) is 0 Å². The van der Waals surface area contributed by atoms with Crippen molar-refractivity contribution in [2.24, 2.45) is 5.92 Å². The van der Waals surface area contributed by atoms with Crippen LogP contribution in [0.1, 0.15) is 155 Å². The summed E-state index contributed by atoms with van der Waals surface area (Å²) < 4.78 is 5.15. The summed E-state index contributed by atoms with van der Waals surface area (Å²) in [6.45, 7) is 8.83. The first-order chi connectivity index (χ1) is 16.8. The Kier molecular flexibility index (Phi) is 29.0. The molecule has 0 saturated carbocycles. The number of hydrogen-bond donors (Lipinski definition) is 1. The van der Waals surface area contributed by atoms with Crippen LogP contribution in [0, 0.1) is 5.92 Å². The van der Waals surface area contributed by atoms with Gasteiger partial charge in [-0.25, -0.2) is 0 Å². The molecule has 206 valence electrons. The van der Waals surface area contributed by atoms with E-state index >= 15 is 0 Å².